The monoisotopic (exact) mass is 411 g/mol. The average Bonchev–Trinajstić information content (AvgIpc) is 2.70. The fraction of sp³-hybridized carbons (Fsp3) is 0.333. The van der Waals surface area contributed by atoms with E-state index in [2.05, 4.69) is 13.8 Å². The maximum atomic E-state index is 13.1. The van der Waals surface area contributed by atoms with Gasteiger partial charge in [-0.15, -0.1) is 0 Å². The summed E-state index contributed by atoms with van der Waals surface area (Å²) in [5, 5.41) is 0.617. The van der Waals surface area contributed by atoms with Crippen LogP contribution in [0.25, 0.3) is 0 Å². The minimum atomic E-state index is -0.382. The van der Waals surface area contributed by atoms with E-state index in [9.17, 15) is 9.59 Å². The van der Waals surface area contributed by atoms with E-state index in [0.717, 1.165) is 11.1 Å². The van der Waals surface area contributed by atoms with Crippen molar-refractivity contribution in [3.63, 3.8) is 0 Å². The molecule has 1 atom stereocenters. The molecule has 0 aromatic heterocycles. The Bertz CT molecular complexity index is 903. The quantitative estimate of drug-likeness (QED) is 0.603. The van der Waals surface area contributed by atoms with Gasteiger partial charge in [-0.3, -0.25) is 4.79 Å². The Kier molecular flexibility index (Phi) is 6.75. The van der Waals surface area contributed by atoms with E-state index in [0.29, 0.717) is 28.8 Å². The number of rotatable bonds is 6. The molecule has 0 saturated heterocycles. The Hall–Kier alpha value is -2.59. The Morgan fingerprint density at radius 1 is 1.14 bits per heavy atom. The molecule has 152 valence electrons. The van der Waals surface area contributed by atoms with Crippen LogP contribution in [0.5, 0.6) is 0 Å². The molecule has 0 bridgehead atoms. The van der Waals surface area contributed by atoms with Gasteiger partial charge in [0.2, 0.25) is 5.91 Å². The maximum Gasteiger partial charge on any atom is 0.336 e. The lowest BCUT2D eigenvalue weighted by molar-refractivity contribution is -0.141. The zero-order valence-corrected chi connectivity index (χ0v) is 17.8. The largest absolute Gasteiger partial charge is 0.457 e. The summed E-state index contributed by atoms with van der Waals surface area (Å²) in [5.74, 6) is -0.405. The van der Waals surface area contributed by atoms with E-state index < -0.39 is 0 Å². The van der Waals surface area contributed by atoms with Gasteiger partial charge in [-0.2, -0.15) is 0 Å². The van der Waals surface area contributed by atoms with Gasteiger partial charge in [-0.05, 0) is 36.1 Å². The van der Waals surface area contributed by atoms with Crippen molar-refractivity contribution in [2.75, 3.05) is 6.54 Å². The number of benzene rings is 2. The van der Waals surface area contributed by atoms with Crippen molar-refractivity contribution in [3.05, 3.63) is 82.0 Å². The van der Waals surface area contributed by atoms with E-state index in [-0.39, 0.29) is 30.8 Å². The van der Waals surface area contributed by atoms with Crippen LogP contribution < -0.4 is 0 Å². The fourth-order valence-electron chi connectivity index (χ4n) is 3.65. The van der Waals surface area contributed by atoms with Gasteiger partial charge < -0.3 is 9.64 Å². The van der Waals surface area contributed by atoms with Gasteiger partial charge in [0, 0.05) is 29.6 Å². The van der Waals surface area contributed by atoms with Gasteiger partial charge >= 0.3 is 5.97 Å². The van der Waals surface area contributed by atoms with Gasteiger partial charge in [0.15, 0.2) is 0 Å². The van der Waals surface area contributed by atoms with Gasteiger partial charge in [0.05, 0.1) is 5.57 Å². The van der Waals surface area contributed by atoms with E-state index in [1.807, 2.05) is 49.4 Å². The van der Waals surface area contributed by atoms with E-state index >= 15 is 0 Å². The molecule has 0 spiro atoms. The number of esters is 1. The molecule has 0 saturated carbocycles. The molecule has 5 heteroatoms. The standard InChI is InChI=1S/C24H26ClNO3/c1-16(2)14-26-17(3)23(24(28)29-15-18-7-5-4-6-8-18)21(13-22(26)27)19-9-11-20(25)12-10-19/h4-12,16,21H,13-15H2,1-3H3. The van der Waals surface area contributed by atoms with Gasteiger partial charge in [0.25, 0.3) is 0 Å². The first-order valence-electron chi connectivity index (χ1n) is 9.84. The molecule has 0 radical (unpaired) electrons. The molecule has 0 fully saturated rings. The van der Waals surface area contributed by atoms with Crippen molar-refractivity contribution < 1.29 is 14.3 Å². The lowest BCUT2D eigenvalue weighted by Crippen LogP contribution is -2.40. The fourth-order valence-corrected chi connectivity index (χ4v) is 3.77. The molecule has 2 aromatic carbocycles. The summed E-state index contributed by atoms with van der Waals surface area (Å²) < 4.78 is 5.64. The first kappa shape index (κ1) is 21.1. The van der Waals surface area contributed by atoms with Crippen LogP contribution in [0.15, 0.2) is 65.9 Å². The third-order valence-electron chi connectivity index (χ3n) is 5.08. The summed E-state index contributed by atoms with van der Waals surface area (Å²) in [4.78, 5) is 27.7. The number of ether oxygens (including phenoxy) is 1. The first-order valence-corrected chi connectivity index (χ1v) is 10.2. The van der Waals surface area contributed by atoms with Gasteiger partial charge in [0.1, 0.15) is 6.61 Å². The van der Waals surface area contributed by atoms with Crippen LogP contribution >= 0.6 is 11.6 Å². The lowest BCUT2D eigenvalue weighted by Gasteiger charge is -2.35. The smallest absolute Gasteiger partial charge is 0.336 e. The molecule has 0 aliphatic carbocycles. The summed E-state index contributed by atoms with van der Waals surface area (Å²) >= 11 is 6.03. The number of allylic oxidation sites excluding steroid dienone is 1. The second-order valence-corrected chi connectivity index (χ2v) is 8.20. The molecular weight excluding hydrogens is 386 g/mol. The number of amides is 1. The van der Waals surface area contributed by atoms with Crippen molar-refractivity contribution in [1.82, 2.24) is 4.90 Å². The van der Waals surface area contributed by atoms with E-state index in [1.54, 1.807) is 17.0 Å². The van der Waals surface area contributed by atoms with Crippen LogP contribution in [0.4, 0.5) is 0 Å². The number of nitrogens with zero attached hydrogens (tertiary/aromatic N) is 1. The zero-order valence-electron chi connectivity index (χ0n) is 17.0. The average molecular weight is 412 g/mol. The van der Waals surface area contributed by atoms with Crippen molar-refractivity contribution in [2.24, 2.45) is 5.92 Å². The maximum absolute atomic E-state index is 13.1. The van der Waals surface area contributed by atoms with Crippen LogP contribution in [0.2, 0.25) is 5.02 Å². The summed E-state index contributed by atoms with van der Waals surface area (Å²) in [7, 11) is 0. The lowest BCUT2D eigenvalue weighted by atomic mass is 9.83. The number of carbonyl (C=O) groups excluding carboxylic acids is 2. The summed E-state index contributed by atoms with van der Waals surface area (Å²) in [6.45, 7) is 6.72. The summed E-state index contributed by atoms with van der Waals surface area (Å²) in [5.41, 5.74) is 3.03. The molecule has 4 nitrogen and oxygen atoms in total. The molecule has 1 amide bonds. The number of hydrogen-bond acceptors (Lipinski definition) is 3. The molecule has 1 aliphatic rings. The number of hydrogen-bond donors (Lipinski definition) is 0. The highest BCUT2D eigenvalue weighted by atomic mass is 35.5. The highest BCUT2D eigenvalue weighted by Gasteiger charge is 2.37. The second-order valence-electron chi connectivity index (χ2n) is 7.77. The van der Waals surface area contributed by atoms with Gasteiger partial charge in [-0.1, -0.05) is 67.9 Å². The molecular formula is C24H26ClNO3. The molecule has 0 N–H and O–H groups in total. The first-order chi connectivity index (χ1) is 13.9. The third-order valence-corrected chi connectivity index (χ3v) is 5.33. The van der Waals surface area contributed by atoms with Crippen molar-refractivity contribution in [1.29, 1.82) is 0 Å². The third kappa shape index (κ3) is 5.07. The molecule has 2 aromatic rings. The molecule has 29 heavy (non-hydrogen) atoms. The highest BCUT2D eigenvalue weighted by molar-refractivity contribution is 6.30. The van der Waals surface area contributed by atoms with E-state index in [4.69, 9.17) is 16.3 Å². The Morgan fingerprint density at radius 2 is 1.79 bits per heavy atom. The molecule has 1 unspecified atom stereocenters. The van der Waals surface area contributed by atoms with E-state index in [1.165, 1.54) is 0 Å². The van der Waals surface area contributed by atoms with Crippen molar-refractivity contribution in [2.45, 2.75) is 39.7 Å². The molecule has 1 aliphatic heterocycles. The molecule has 3 rings (SSSR count). The SMILES string of the molecule is CC1=C(C(=O)OCc2ccccc2)C(c2ccc(Cl)cc2)CC(=O)N1CC(C)C. The van der Waals surface area contributed by atoms with Crippen molar-refractivity contribution in [3.8, 4) is 0 Å². The van der Waals surface area contributed by atoms with Gasteiger partial charge in [-0.25, -0.2) is 4.79 Å². The summed E-state index contributed by atoms with van der Waals surface area (Å²) in [6.07, 6.45) is 0.238. The van der Waals surface area contributed by atoms with Crippen LogP contribution in [0.1, 0.15) is 44.2 Å². The number of halogens is 1. The van der Waals surface area contributed by atoms with Crippen LogP contribution in [0.3, 0.4) is 0 Å². The normalized spacial score (nSPS) is 17.1. The Morgan fingerprint density at radius 3 is 2.41 bits per heavy atom. The second kappa shape index (κ2) is 9.27. The topological polar surface area (TPSA) is 46.6 Å². The predicted octanol–water partition coefficient (Wildman–Crippen LogP) is 5.33. The van der Waals surface area contributed by atoms with Crippen molar-refractivity contribution >= 4 is 23.5 Å². The van der Waals surface area contributed by atoms with Crippen LogP contribution in [-0.2, 0) is 20.9 Å². The van der Waals surface area contributed by atoms with Crippen LogP contribution in [0, 0.1) is 5.92 Å². The Balaban J connectivity index is 1.94. The minimum Gasteiger partial charge on any atom is -0.457 e. The molecule has 1 heterocycles. The zero-order chi connectivity index (χ0) is 21.0. The predicted molar refractivity (Wildman–Crippen MR) is 114 cm³/mol. The number of carbonyl (C=O) groups is 2. The van der Waals surface area contributed by atoms with Crippen LogP contribution in [-0.4, -0.2) is 23.3 Å². The minimum absolute atomic E-state index is 0.0239. The highest BCUT2D eigenvalue weighted by Crippen LogP contribution is 2.37. The Labute approximate surface area is 177 Å². The summed E-state index contributed by atoms with van der Waals surface area (Å²) in [6, 6.07) is 16.9.